The summed E-state index contributed by atoms with van der Waals surface area (Å²) in [7, 11) is 3.20. The van der Waals surface area contributed by atoms with Crippen molar-refractivity contribution in [1.82, 2.24) is 0 Å². The Labute approximate surface area is 195 Å². The van der Waals surface area contributed by atoms with Gasteiger partial charge in [0.2, 0.25) is 5.75 Å². The van der Waals surface area contributed by atoms with Crippen LogP contribution in [0.2, 0.25) is 0 Å². The Morgan fingerprint density at radius 3 is 2.42 bits per heavy atom. The molecule has 6 nitrogen and oxygen atoms in total. The molecule has 0 atom stereocenters. The molecule has 0 heterocycles. The molecular weight excluding hydrogens is 420 g/mol. The number of aliphatic carboxylic acids is 1. The highest BCUT2D eigenvalue weighted by Crippen LogP contribution is 2.46. The van der Waals surface area contributed by atoms with Crippen LogP contribution >= 0.6 is 0 Å². The molecule has 0 fully saturated rings. The van der Waals surface area contributed by atoms with Gasteiger partial charge in [-0.2, -0.15) is 0 Å². The zero-order valence-electron chi connectivity index (χ0n) is 20.0. The van der Waals surface area contributed by atoms with Crippen molar-refractivity contribution in [2.45, 2.75) is 58.8 Å². The van der Waals surface area contributed by atoms with E-state index in [1.165, 1.54) is 0 Å². The summed E-state index contributed by atoms with van der Waals surface area (Å²) in [5, 5.41) is 8.80. The average molecular weight is 455 g/mol. The van der Waals surface area contributed by atoms with E-state index in [1.807, 2.05) is 24.3 Å². The van der Waals surface area contributed by atoms with Crippen LogP contribution in [0.15, 0.2) is 30.3 Å². The van der Waals surface area contributed by atoms with Crippen molar-refractivity contribution >= 4 is 11.8 Å². The smallest absolute Gasteiger partial charge is 0.303 e. The number of carbonyl (C=O) groups is 2. The van der Waals surface area contributed by atoms with Crippen molar-refractivity contribution in [3.63, 3.8) is 0 Å². The fraction of sp³-hybridized carbons (Fsp3) is 0.481. The highest BCUT2D eigenvalue weighted by molar-refractivity contribution is 6.01. The minimum Gasteiger partial charge on any atom is -0.493 e. The zero-order valence-corrected chi connectivity index (χ0v) is 20.0. The van der Waals surface area contributed by atoms with Crippen molar-refractivity contribution < 1.29 is 28.9 Å². The van der Waals surface area contributed by atoms with Crippen LogP contribution in [0.5, 0.6) is 17.2 Å². The van der Waals surface area contributed by atoms with Gasteiger partial charge in [0.1, 0.15) is 0 Å². The molecule has 0 unspecified atom stereocenters. The third-order valence-electron chi connectivity index (χ3n) is 6.19. The normalized spacial score (nSPS) is 13.0. The number of aryl methyl sites for hydroxylation is 1. The Kier molecular flexibility index (Phi) is 8.01. The number of benzene rings is 2. The number of carboxylic acid groups (broad SMARTS) is 1. The maximum atomic E-state index is 12.0. The number of hydrogen-bond acceptors (Lipinski definition) is 5. The first-order chi connectivity index (χ1) is 15.8. The second-order valence-electron chi connectivity index (χ2n) is 9.38. The number of rotatable bonds is 12. The Hall–Kier alpha value is -3.02. The van der Waals surface area contributed by atoms with Gasteiger partial charge in [0.25, 0.3) is 0 Å². The van der Waals surface area contributed by atoms with E-state index < -0.39 is 5.97 Å². The fourth-order valence-electron chi connectivity index (χ4n) is 4.29. The van der Waals surface area contributed by atoms with Crippen LogP contribution < -0.4 is 14.2 Å². The van der Waals surface area contributed by atoms with Gasteiger partial charge in [0.15, 0.2) is 17.3 Å². The average Bonchev–Trinajstić information content (AvgIpc) is 3.16. The molecule has 0 aliphatic heterocycles. The van der Waals surface area contributed by atoms with Crippen molar-refractivity contribution in [1.29, 1.82) is 0 Å². The van der Waals surface area contributed by atoms with Crippen LogP contribution in [0.3, 0.4) is 0 Å². The number of fused-ring (bicyclic) bond motifs is 1. The Morgan fingerprint density at radius 1 is 0.970 bits per heavy atom. The van der Waals surface area contributed by atoms with E-state index in [0.29, 0.717) is 36.7 Å². The number of Topliss-reactive ketones (excluding diaryl/α,β-unsaturated/α-hetero) is 1. The summed E-state index contributed by atoms with van der Waals surface area (Å²) in [5.41, 5.74) is 3.66. The van der Waals surface area contributed by atoms with Crippen LogP contribution in [0.1, 0.15) is 68.3 Å². The summed E-state index contributed by atoms with van der Waals surface area (Å²) in [4.78, 5) is 22.7. The summed E-state index contributed by atoms with van der Waals surface area (Å²) in [5.74, 6) is 1.22. The zero-order chi connectivity index (χ0) is 24.0. The van der Waals surface area contributed by atoms with Gasteiger partial charge in [-0.1, -0.05) is 44.9 Å². The van der Waals surface area contributed by atoms with Crippen molar-refractivity contribution in [2.24, 2.45) is 5.41 Å². The molecule has 0 radical (unpaired) electrons. The lowest BCUT2D eigenvalue weighted by Gasteiger charge is -2.26. The minimum atomic E-state index is -0.744. The summed E-state index contributed by atoms with van der Waals surface area (Å²) in [6, 6.07) is 9.77. The van der Waals surface area contributed by atoms with Crippen LogP contribution in [-0.2, 0) is 11.2 Å². The van der Waals surface area contributed by atoms with Crippen LogP contribution in [0.25, 0.3) is 11.1 Å². The molecular formula is C27H34O6. The predicted molar refractivity (Wildman–Crippen MR) is 128 cm³/mol. The Bertz CT molecular complexity index is 1010. The molecule has 0 bridgehead atoms. The SMILES string of the molecule is COc1ccc(-c2ccc3c(c2)CCC3=O)c(OCC(C)(C)CCCCCC(=O)O)c1OC. The van der Waals surface area contributed by atoms with E-state index in [9.17, 15) is 9.59 Å². The molecule has 1 N–H and O–H groups in total. The summed E-state index contributed by atoms with van der Waals surface area (Å²) in [6.07, 6.45) is 5.00. The maximum Gasteiger partial charge on any atom is 0.303 e. The third kappa shape index (κ3) is 6.06. The first-order valence-electron chi connectivity index (χ1n) is 11.5. The second kappa shape index (κ2) is 10.7. The lowest BCUT2D eigenvalue weighted by atomic mass is 9.87. The molecule has 1 aliphatic carbocycles. The van der Waals surface area contributed by atoms with Crippen molar-refractivity contribution in [3.05, 3.63) is 41.5 Å². The number of carbonyl (C=O) groups excluding carboxylic acids is 1. The van der Waals surface area contributed by atoms with Gasteiger partial charge in [-0.15, -0.1) is 0 Å². The standard InChI is InChI=1S/C27H34O6/c1-27(2,15-7-5-6-8-24(29)30)17-33-25-21(12-14-23(31-3)26(25)32-4)19-9-11-20-18(16-19)10-13-22(20)28/h9,11-12,14,16H,5-8,10,13,15,17H2,1-4H3,(H,29,30). The van der Waals surface area contributed by atoms with Gasteiger partial charge in [-0.05, 0) is 47.9 Å². The van der Waals surface area contributed by atoms with Gasteiger partial charge in [-0.3, -0.25) is 9.59 Å². The molecule has 0 amide bonds. The monoisotopic (exact) mass is 454 g/mol. The fourth-order valence-corrected chi connectivity index (χ4v) is 4.29. The lowest BCUT2D eigenvalue weighted by molar-refractivity contribution is -0.137. The van der Waals surface area contributed by atoms with Crippen molar-refractivity contribution in [2.75, 3.05) is 20.8 Å². The molecule has 0 saturated carbocycles. The minimum absolute atomic E-state index is 0.0983. The van der Waals surface area contributed by atoms with Gasteiger partial charge in [-0.25, -0.2) is 0 Å². The largest absolute Gasteiger partial charge is 0.493 e. The summed E-state index contributed by atoms with van der Waals surface area (Å²) in [6.45, 7) is 4.78. The van der Waals surface area contributed by atoms with E-state index in [2.05, 4.69) is 19.9 Å². The van der Waals surface area contributed by atoms with Crippen LogP contribution in [-0.4, -0.2) is 37.7 Å². The van der Waals surface area contributed by atoms with Crippen LogP contribution in [0, 0.1) is 5.41 Å². The number of carboxylic acids is 1. The molecule has 1 aliphatic rings. The lowest BCUT2D eigenvalue weighted by Crippen LogP contribution is -2.22. The summed E-state index contributed by atoms with van der Waals surface area (Å²) >= 11 is 0. The van der Waals surface area contributed by atoms with Gasteiger partial charge >= 0.3 is 5.97 Å². The first kappa shape index (κ1) is 24.6. The molecule has 2 aromatic carbocycles. The van der Waals surface area contributed by atoms with Crippen molar-refractivity contribution in [3.8, 4) is 28.4 Å². The van der Waals surface area contributed by atoms with E-state index in [0.717, 1.165) is 47.9 Å². The van der Waals surface area contributed by atoms with Gasteiger partial charge in [0, 0.05) is 24.0 Å². The Morgan fingerprint density at radius 2 is 1.73 bits per heavy atom. The van der Waals surface area contributed by atoms with Gasteiger partial charge < -0.3 is 19.3 Å². The van der Waals surface area contributed by atoms with Gasteiger partial charge in [0.05, 0.1) is 20.8 Å². The molecule has 0 spiro atoms. The molecule has 33 heavy (non-hydrogen) atoms. The van der Waals surface area contributed by atoms with E-state index in [-0.39, 0.29) is 17.6 Å². The second-order valence-corrected chi connectivity index (χ2v) is 9.38. The van der Waals surface area contributed by atoms with E-state index in [4.69, 9.17) is 19.3 Å². The number of unbranched alkanes of at least 4 members (excludes halogenated alkanes) is 2. The Balaban J connectivity index is 1.81. The quantitative estimate of drug-likeness (QED) is 0.400. The molecule has 0 aromatic heterocycles. The molecule has 3 rings (SSSR count). The summed E-state index contributed by atoms with van der Waals surface area (Å²) < 4.78 is 17.6. The number of methoxy groups -OCH3 is 2. The number of ketones is 1. The van der Waals surface area contributed by atoms with E-state index in [1.54, 1.807) is 14.2 Å². The molecule has 0 saturated heterocycles. The maximum absolute atomic E-state index is 12.0. The molecule has 2 aromatic rings. The highest BCUT2D eigenvalue weighted by Gasteiger charge is 2.25. The van der Waals surface area contributed by atoms with Crippen LogP contribution in [0.4, 0.5) is 0 Å². The van der Waals surface area contributed by atoms with E-state index >= 15 is 0 Å². The third-order valence-corrected chi connectivity index (χ3v) is 6.19. The molecule has 178 valence electrons. The number of hydrogen-bond donors (Lipinski definition) is 1. The predicted octanol–water partition coefficient (Wildman–Crippen LogP) is 5.94. The molecule has 6 heteroatoms. The first-order valence-corrected chi connectivity index (χ1v) is 11.5. The topological polar surface area (TPSA) is 82.1 Å². The highest BCUT2D eigenvalue weighted by atomic mass is 16.5. The number of ether oxygens (including phenoxy) is 3.